The minimum atomic E-state index is -3.80. The number of anilines is 2. The first-order valence-electron chi connectivity index (χ1n) is 10.8. The third-order valence-electron chi connectivity index (χ3n) is 5.89. The average Bonchev–Trinajstić information content (AvgIpc) is 2.86. The Balaban J connectivity index is 1.83. The van der Waals surface area contributed by atoms with E-state index in [0.29, 0.717) is 22.5 Å². The quantitative estimate of drug-likeness (QED) is 0.248. The van der Waals surface area contributed by atoms with Crippen LogP contribution in [-0.4, -0.2) is 0 Å². The Morgan fingerprint density at radius 1 is 0.471 bits per heavy atom. The van der Waals surface area contributed by atoms with Crippen LogP contribution in [0, 0.1) is 0 Å². The highest BCUT2D eigenvalue weighted by Gasteiger charge is 2.60. The number of hydrogen-bond donors (Lipinski definition) is 0. The number of hydrogen-bond acceptors (Lipinski definition) is 2. The van der Waals surface area contributed by atoms with Gasteiger partial charge in [-0.25, -0.2) is 0 Å². The van der Waals surface area contributed by atoms with Gasteiger partial charge in [0.05, 0.1) is 0 Å². The average molecular weight is 527 g/mol. The van der Waals surface area contributed by atoms with E-state index in [-0.39, 0.29) is 0 Å². The zero-order chi connectivity index (χ0) is 23.8. The molecule has 0 aliphatic carbocycles. The van der Waals surface area contributed by atoms with Gasteiger partial charge in [0.15, 0.2) is 0 Å². The van der Waals surface area contributed by atoms with Crippen molar-refractivity contribution in [2.45, 2.75) is 11.6 Å². The van der Waals surface area contributed by atoms with Crippen molar-refractivity contribution in [3.05, 3.63) is 132 Å². The first-order valence-corrected chi connectivity index (χ1v) is 16.1. The van der Waals surface area contributed by atoms with E-state index in [1.165, 1.54) is 0 Å². The molecule has 0 bridgehead atoms. The Hall–Kier alpha value is -2.48. The lowest BCUT2D eigenvalue weighted by atomic mass is 10.2. The molecule has 0 amide bonds. The van der Waals surface area contributed by atoms with Crippen LogP contribution < -0.4 is 9.34 Å². The second-order valence-corrected chi connectivity index (χ2v) is 14.9. The third kappa shape index (κ3) is 4.00. The van der Waals surface area contributed by atoms with Gasteiger partial charge in [-0.1, -0.05) is 97.1 Å². The SMILES string of the molecule is O=P1(Cl)C(c2ccccc2)N(c2ccccc2)P(=O)(Cl)C(c2ccccc2)N1c1ccccc1. The molecule has 4 unspecified atom stereocenters. The van der Waals surface area contributed by atoms with Crippen LogP contribution in [0.25, 0.3) is 0 Å². The first kappa shape index (κ1) is 23.3. The van der Waals surface area contributed by atoms with E-state index in [2.05, 4.69) is 0 Å². The second-order valence-electron chi connectivity index (χ2n) is 8.02. The van der Waals surface area contributed by atoms with Crippen LogP contribution in [0.3, 0.4) is 0 Å². The summed E-state index contributed by atoms with van der Waals surface area (Å²) in [5.41, 5.74) is 2.56. The highest BCUT2D eigenvalue weighted by Crippen LogP contribution is 2.86. The molecule has 0 N–H and O–H groups in total. The molecular formula is C26H22Cl2N2O2P2. The summed E-state index contributed by atoms with van der Waals surface area (Å²) in [5, 5.41) is 0. The second kappa shape index (κ2) is 9.29. The van der Waals surface area contributed by atoms with E-state index in [9.17, 15) is 9.13 Å². The fourth-order valence-electron chi connectivity index (χ4n) is 4.46. The topological polar surface area (TPSA) is 40.6 Å². The van der Waals surface area contributed by atoms with Crippen LogP contribution in [0.2, 0.25) is 0 Å². The standard InChI is InChI=1S/C26H22Cl2N2O2P2/c27-33(31)25(21-13-5-1-6-14-21)29(23-17-9-3-10-18-23)34(28,32)26(22-15-7-2-8-16-22)30(33)24-19-11-4-12-20-24/h1-20,25-26H. The first-order chi connectivity index (χ1) is 16.4. The lowest BCUT2D eigenvalue weighted by molar-refractivity contribution is 0.547. The number of rotatable bonds is 4. The largest absolute Gasteiger partial charge is 0.292 e. The highest BCUT2D eigenvalue weighted by molar-refractivity contribution is 7.97. The number of benzene rings is 4. The van der Waals surface area contributed by atoms with Crippen molar-refractivity contribution in [1.29, 1.82) is 0 Å². The molecule has 1 saturated heterocycles. The molecule has 5 rings (SSSR count). The molecule has 0 radical (unpaired) electrons. The van der Waals surface area contributed by atoms with Crippen LogP contribution in [0.15, 0.2) is 121 Å². The predicted molar refractivity (Wildman–Crippen MR) is 143 cm³/mol. The molecule has 1 aliphatic heterocycles. The van der Waals surface area contributed by atoms with Crippen LogP contribution in [0.5, 0.6) is 0 Å². The molecule has 1 fully saturated rings. The zero-order valence-corrected chi connectivity index (χ0v) is 21.4. The number of nitrogens with zero attached hydrogens (tertiary/aromatic N) is 2. The van der Waals surface area contributed by atoms with E-state index < -0.39 is 24.9 Å². The van der Waals surface area contributed by atoms with Gasteiger partial charge in [-0.2, -0.15) is 0 Å². The third-order valence-corrected chi connectivity index (χ3v) is 12.7. The van der Waals surface area contributed by atoms with Gasteiger partial charge in [0.25, 0.3) is 13.3 Å². The summed E-state index contributed by atoms with van der Waals surface area (Å²) in [7, 11) is 0. The van der Waals surface area contributed by atoms with Gasteiger partial charge in [0, 0.05) is 11.4 Å². The lowest BCUT2D eigenvalue weighted by Gasteiger charge is -2.52. The maximum atomic E-state index is 14.8. The zero-order valence-electron chi connectivity index (χ0n) is 18.1. The Kier molecular flexibility index (Phi) is 6.35. The Bertz CT molecular complexity index is 1150. The van der Waals surface area contributed by atoms with Crippen LogP contribution in [-0.2, 0) is 9.13 Å². The summed E-state index contributed by atoms with van der Waals surface area (Å²) >= 11 is 14.3. The Morgan fingerprint density at radius 2 is 0.735 bits per heavy atom. The van der Waals surface area contributed by atoms with E-state index in [4.69, 9.17) is 22.5 Å². The number of halogens is 2. The Labute approximate surface area is 209 Å². The molecule has 0 saturated carbocycles. The Morgan fingerprint density at radius 3 is 1.03 bits per heavy atom. The van der Waals surface area contributed by atoms with Crippen LogP contribution >= 0.6 is 35.8 Å². The van der Waals surface area contributed by atoms with Gasteiger partial charge in [-0.15, -0.1) is 0 Å². The minimum Gasteiger partial charge on any atom is -0.292 e. The smallest absolute Gasteiger partial charge is 0.285 e. The summed E-state index contributed by atoms with van der Waals surface area (Å²) in [6.07, 6.45) is 0. The molecule has 172 valence electrons. The summed E-state index contributed by atoms with van der Waals surface area (Å²) in [4.78, 5) is 0. The molecular weight excluding hydrogens is 505 g/mol. The van der Waals surface area contributed by atoms with Crippen molar-refractivity contribution in [3.8, 4) is 0 Å². The van der Waals surface area contributed by atoms with Gasteiger partial charge in [-0.3, -0.25) is 18.5 Å². The monoisotopic (exact) mass is 526 g/mol. The van der Waals surface area contributed by atoms with Gasteiger partial charge >= 0.3 is 0 Å². The molecule has 8 heteroatoms. The molecule has 34 heavy (non-hydrogen) atoms. The summed E-state index contributed by atoms with van der Waals surface area (Å²) in [6, 6.07) is 36.9. The van der Waals surface area contributed by atoms with Crippen LogP contribution in [0.1, 0.15) is 22.7 Å². The van der Waals surface area contributed by atoms with Gasteiger partial charge < -0.3 is 0 Å². The highest BCUT2D eigenvalue weighted by atomic mass is 35.7. The van der Waals surface area contributed by atoms with E-state index >= 15 is 0 Å². The van der Waals surface area contributed by atoms with Gasteiger partial charge in [-0.05, 0) is 57.9 Å². The van der Waals surface area contributed by atoms with Gasteiger partial charge in [0.2, 0.25) is 0 Å². The van der Waals surface area contributed by atoms with E-state index in [1.54, 1.807) is 9.34 Å². The molecule has 0 aromatic heterocycles. The van der Waals surface area contributed by atoms with Crippen LogP contribution in [0.4, 0.5) is 11.4 Å². The van der Waals surface area contributed by atoms with E-state index in [1.807, 2.05) is 121 Å². The summed E-state index contributed by atoms with van der Waals surface area (Å²) in [5.74, 6) is -1.86. The number of para-hydroxylation sites is 2. The molecule has 0 spiro atoms. The molecule has 4 aromatic carbocycles. The van der Waals surface area contributed by atoms with Crippen molar-refractivity contribution in [3.63, 3.8) is 0 Å². The minimum absolute atomic E-state index is 0.601. The molecule has 4 aromatic rings. The fraction of sp³-hybridized carbons (Fsp3) is 0.0769. The van der Waals surface area contributed by atoms with Gasteiger partial charge in [0.1, 0.15) is 11.6 Å². The molecule has 1 heterocycles. The normalized spacial score (nSPS) is 26.9. The van der Waals surface area contributed by atoms with Crippen molar-refractivity contribution in [2.24, 2.45) is 0 Å². The summed E-state index contributed by atoms with van der Waals surface area (Å²) < 4.78 is 32.8. The lowest BCUT2D eigenvalue weighted by Crippen LogP contribution is -2.40. The summed E-state index contributed by atoms with van der Waals surface area (Å²) in [6.45, 7) is -7.60. The molecule has 1 aliphatic rings. The maximum Gasteiger partial charge on any atom is 0.285 e. The van der Waals surface area contributed by atoms with Crippen molar-refractivity contribution >= 4 is 47.1 Å². The molecule has 4 nitrogen and oxygen atoms in total. The van der Waals surface area contributed by atoms with Crippen molar-refractivity contribution < 1.29 is 9.13 Å². The van der Waals surface area contributed by atoms with Crippen molar-refractivity contribution in [1.82, 2.24) is 0 Å². The van der Waals surface area contributed by atoms with E-state index in [0.717, 1.165) is 0 Å². The maximum absolute atomic E-state index is 14.8. The fourth-order valence-corrected chi connectivity index (χ4v) is 13.3. The predicted octanol–water partition coefficient (Wildman–Crippen LogP) is 9.27. The molecule has 4 atom stereocenters. The van der Waals surface area contributed by atoms with Crippen molar-refractivity contribution in [2.75, 3.05) is 9.34 Å².